The number of rotatable bonds is 13. The number of nitrogens with one attached hydrogen (secondary N) is 1. The molecule has 0 aliphatic heterocycles. The van der Waals surface area contributed by atoms with Crippen molar-refractivity contribution in [2.45, 2.75) is 96.9 Å². The molecule has 0 spiro atoms. The molecule has 0 bridgehead atoms. The fraction of sp³-hybridized carbons (Fsp3) is 1.00. The molecule has 0 aromatic carbocycles. The van der Waals surface area contributed by atoms with Crippen molar-refractivity contribution in [1.82, 2.24) is 5.32 Å². The highest BCUT2D eigenvalue weighted by Gasteiger charge is 2.22. The van der Waals surface area contributed by atoms with Gasteiger partial charge in [0.1, 0.15) is 0 Å². The first kappa shape index (κ1) is 16.0. The van der Waals surface area contributed by atoms with Gasteiger partial charge in [-0.3, -0.25) is 0 Å². The third kappa shape index (κ3) is 8.97. The molecule has 18 heavy (non-hydrogen) atoms. The van der Waals surface area contributed by atoms with Crippen LogP contribution in [0.2, 0.25) is 0 Å². The van der Waals surface area contributed by atoms with Crippen molar-refractivity contribution < 1.29 is 0 Å². The second-order valence-electron chi connectivity index (χ2n) is 6.23. The van der Waals surface area contributed by atoms with E-state index in [1.165, 1.54) is 83.6 Å². The van der Waals surface area contributed by atoms with Crippen LogP contribution >= 0.6 is 0 Å². The standard InChI is InChI=1S/C17H35N/c1-3-5-6-7-8-9-10-17(18-15-4-2)14-13-16-11-12-16/h16-18H,3-15H2,1-2H3. The zero-order chi connectivity index (χ0) is 13.1. The largest absolute Gasteiger partial charge is 0.314 e. The average Bonchev–Trinajstić information content (AvgIpc) is 3.20. The van der Waals surface area contributed by atoms with Crippen LogP contribution in [0.1, 0.15) is 90.9 Å². The first-order valence-corrected chi connectivity index (χ1v) is 8.60. The van der Waals surface area contributed by atoms with Gasteiger partial charge in [0.2, 0.25) is 0 Å². The number of hydrogen-bond donors (Lipinski definition) is 1. The lowest BCUT2D eigenvalue weighted by Gasteiger charge is -2.18. The van der Waals surface area contributed by atoms with E-state index in [0.29, 0.717) is 0 Å². The van der Waals surface area contributed by atoms with E-state index in [9.17, 15) is 0 Å². The maximum atomic E-state index is 3.75. The first-order valence-electron chi connectivity index (χ1n) is 8.60. The molecule has 1 N–H and O–H groups in total. The first-order chi connectivity index (χ1) is 8.86. The van der Waals surface area contributed by atoms with Crippen molar-refractivity contribution in [3.8, 4) is 0 Å². The Labute approximate surface area is 115 Å². The molecule has 1 aliphatic rings. The molecule has 1 aliphatic carbocycles. The van der Waals surface area contributed by atoms with Crippen molar-refractivity contribution in [3.63, 3.8) is 0 Å². The van der Waals surface area contributed by atoms with Crippen molar-refractivity contribution in [2.75, 3.05) is 6.54 Å². The molecule has 0 heterocycles. The van der Waals surface area contributed by atoms with Gasteiger partial charge in [-0.2, -0.15) is 0 Å². The second kappa shape index (κ2) is 10.8. The number of unbranched alkanes of at least 4 members (excludes halogenated alkanes) is 5. The Morgan fingerprint density at radius 3 is 2.28 bits per heavy atom. The molecule has 0 amide bonds. The van der Waals surface area contributed by atoms with Gasteiger partial charge in [-0.25, -0.2) is 0 Å². The molecule has 1 unspecified atom stereocenters. The maximum absolute atomic E-state index is 3.75. The Balaban J connectivity index is 1.98. The minimum absolute atomic E-state index is 0.816. The Hall–Kier alpha value is -0.0400. The summed E-state index contributed by atoms with van der Waals surface area (Å²) in [5, 5.41) is 3.75. The average molecular weight is 253 g/mol. The zero-order valence-corrected chi connectivity index (χ0v) is 12.8. The van der Waals surface area contributed by atoms with Gasteiger partial charge in [0.05, 0.1) is 0 Å². The smallest absolute Gasteiger partial charge is 0.00671 e. The van der Waals surface area contributed by atoms with Crippen LogP contribution in [0.5, 0.6) is 0 Å². The van der Waals surface area contributed by atoms with Gasteiger partial charge in [-0.05, 0) is 38.1 Å². The molecular formula is C17H35N. The molecule has 108 valence electrons. The van der Waals surface area contributed by atoms with Gasteiger partial charge in [-0.15, -0.1) is 0 Å². The fourth-order valence-corrected chi connectivity index (χ4v) is 2.71. The summed E-state index contributed by atoms with van der Waals surface area (Å²) in [6.07, 6.45) is 17.2. The van der Waals surface area contributed by atoms with Crippen LogP contribution in [-0.4, -0.2) is 12.6 Å². The number of hydrogen-bond acceptors (Lipinski definition) is 1. The third-order valence-corrected chi connectivity index (χ3v) is 4.21. The van der Waals surface area contributed by atoms with Crippen molar-refractivity contribution in [2.24, 2.45) is 5.92 Å². The Morgan fingerprint density at radius 1 is 0.889 bits per heavy atom. The van der Waals surface area contributed by atoms with Gasteiger partial charge >= 0.3 is 0 Å². The van der Waals surface area contributed by atoms with Crippen LogP contribution in [0.25, 0.3) is 0 Å². The van der Waals surface area contributed by atoms with Crippen LogP contribution in [0, 0.1) is 5.92 Å². The van der Waals surface area contributed by atoms with Gasteiger partial charge in [-0.1, -0.05) is 65.2 Å². The molecule has 0 aromatic rings. The van der Waals surface area contributed by atoms with Crippen LogP contribution in [0.15, 0.2) is 0 Å². The normalized spacial score (nSPS) is 17.0. The highest BCUT2D eigenvalue weighted by molar-refractivity contribution is 4.76. The molecule has 1 saturated carbocycles. The molecule has 0 radical (unpaired) electrons. The van der Waals surface area contributed by atoms with Crippen molar-refractivity contribution in [1.29, 1.82) is 0 Å². The molecule has 0 aromatic heterocycles. The van der Waals surface area contributed by atoms with E-state index in [-0.39, 0.29) is 0 Å². The molecule has 1 rings (SSSR count). The molecule has 1 fully saturated rings. The summed E-state index contributed by atoms with van der Waals surface area (Å²) < 4.78 is 0. The summed E-state index contributed by atoms with van der Waals surface area (Å²) in [6, 6.07) is 0.816. The van der Waals surface area contributed by atoms with Crippen molar-refractivity contribution in [3.05, 3.63) is 0 Å². The summed E-state index contributed by atoms with van der Waals surface area (Å²) in [6.45, 7) is 5.78. The zero-order valence-electron chi connectivity index (χ0n) is 12.8. The Kier molecular flexibility index (Phi) is 9.65. The highest BCUT2D eigenvalue weighted by atomic mass is 14.9. The predicted molar refractivity (Wildman–Crippen MR) is 82.0 cm³/mol. The van der Waals surface area contributed by atoms with E-state index >= 15 is 0 Å². The fourth-order valence-electron chi connectivity index (χ4n) is 2.71. The lowest BCUT2D eigenvalue weighted by Crippen LogP contribution is -2.29. The summed E-state index contributed by atoms with van der Waals surface area (Å²) in [4.78, 5) is 0. The van der Waals surface area contributed by atoms with E-state index in [1.54, 1.807) is 0 Å². The monoisotopic (exact) mass is 253 g/mol. The topological polar surface area (TPSA) is 12.0 Å². The lowest BCUT2D eigenvalue weighted by atomic mass is 10.0. The Morgan fingerprint density at radius 2 is 1.61 bits per heavy atom. The third-order valence-electron chi connectivity index (χ3n) is 4.21. The minimum atomic E-state index is 0.816. The summed E-state index contributed by atoms with van der Waals surface area (Å²) in [5.41, 5.74) is 0. The van der Waals surface area contributed by atoms with Crippen LogP contribution in [0.4, 0.5) is 0 Å². The second-order valence-corrected chi connectivity index (χ2v) is 6.23. The SMILES string of the molecule is CCCCCCCCC(CCC1CC1)NCCC. The minimum Gasteiger partial charge on any atom is -0.314 e. The van der Waals surface area contributed by atoms with Gasteiger partial charge in [0, 0.05) is 6.04 Å². The molecule has 1 heteroatoms. The lowest BCUT2D eigenvalue weighted by molar-refractivity contribution is 0.412. The molecular weight excluding hydrogens is 218 g/mol. The molecule has 1 nitrogen and oxygen atoms in total. The van der Waals surface area contributed by atoms with Gasteiger partial charge in [0.15, 0.2) is 0 Å². The summed E-state index contributed by atoms with van der Waals surface area (Å²) >= 11 is 0. The molecule has 1 atom stereocenters. The van der Waals surface area contributed by atoms with Crippen LogP contribution < -0.4 is 5.32 Å². The van der Waals surface area contributed by atoms with E-state index in [0.717, 1.165) is 12.0 Å². The van der Waals surface area contributed by atoms with Gasteiger partial charge < -0.3 is 5.32 Å². The van der Waals surface area contributed by atoms with Gasteiger partial charge in [0.25, 0.3) is 0 Å². The van der Waals surface area contributed by atoms with Crippen molar-refractivity contribution >= 4 is 0 Å². The van der Waals surface area contributed by atoms with Crippen LogP contribution in [-0.2, 0) is 0 Å². The molecule has 0 saturated heterocycles. The Bertz CT molecular complexity index is 174. The van der Waals surface area contributed by atoms with E-state index in [4.69, 9.17) is 0 Å². The summed E-state index contributed by atoms with van der Waals surface area (Å²) in [7, 11) is 0. The van der Waals surface area contributed by atoms with E-state index < -0.39 is 0 Å². The van der Waals surface area contributed by atoms with E-state index in [1.807, 2.05) is 0 Å². The highest BCUT2D eigenvalue weighted by Crippen LogP contribution is 2.34. The maximum Gasteiger partial charge on any atom is 0.00671 e. The predicted octanol–water partition coefficient (Wildman–Crippen LogP) is 5.30. The summed E-state index contributed by atoms with van der Waals surface area (Å²) in [5.74, 6) is 1.10. The van der Waals surface area contributed by atoms with Crippen LogP contribution in [0.3, 0.4) is 0 Å². The quantitative estimate of drug-likeness (QED) is 0.439. The van der Waals surface area contributed by atoms with E-state index in [2.05, 4.69) is 19.2 Å².